The molecule has 0 saturated carbocycles. The summed E-state index contributed by atoms with van der Waals surface area (Å²) >= 11 is 0. The minimum absolute atomic E-state index is 0.236. The summed E-state index contributed by atoms with van der Waals surface area (Å²) in [5, 5.41) is 17.6. The number of nitrogens with one attached hydrogen (secondary N) is 1. The first-order chi connectivity index (χ1) is 15.1. The van der Waals surface area contributed by atoms with Crippen LogP contribution in [0.15, 0.2) is 54.7 Å². The molecule has 0 radical (unpaired) electrons. The van der Waals surface area contributed by atoms with Gasteiger partial charge in [-0.2, -0.15) is 5.10 Å². The Morgan fingerprint density at radius 1 is 1.06 bits per heavy atom. The molecule has 0 unspecified atom stereocenters. The van der Waals surface area contributed by atoms with Gasteiger partial charge in [0.1, 0.15) is 5.82 Å². The summed E-state index contributed by atoms with van der Waals surface area (Å²) in [6.45, 7) is 6.87. The summed E-state index contributed by atoms with van der Waals surface area (Å²) in [5.41, 5.74) is 5.12. The fourth-order valence-corrected chi connectivity index (χ4v) is 4.19. The number of aliphatic hydroxyl groups is 1. The lowest BCUT2D eigenvalue weighted by molar-refractivity contribution is 0.146. The zero-order chi connectivity index (χ0) is 21.6. The summed E-state index contributed by atoms with van der Waals surface area (Å²) in [6, 6.07) is 14.8. The molecule has 1 aliphatic heterocycles. The summed E-state index contributed by atoms with van der Waals surface area (Å²) in [6.07, 6.45) is 4.38. The number of nitrogens with zero attached hydrogens (tertiary/aromatic N) is 3. The molecule has 164 valence electrons. The van der Waals surface area contributed by atoms with Gasteiger partial charge < -0.3 is 15.3 Å². The second kappa shape index (κ2) is 10.2. The van der Waals surface area contributed by atoms with Crippen LogP contribution in [0.3, 0.4) is 0 Å². The van der Waals surface area contributed by atoms with Crippen molar-refractivity contribution in [2.24, 2.45) is 5.92 Å². The number of halogens is 1. The standard InChI is InChI=1S/C25H31FN4O/c1-19-2-8-24(9-3-19)30-18-22(25(28-30)21-4-6-23(26)7-5-21)17-27-16-20-10-12-29(13-11-20)14-15-31/h2-9,18,20,27,31H,10-17H2,1H3. The number of piperidine rings is 1. The molecule has 4 rings (SSSR count). The SMILES string of the molecule is Cc1ccc(-n2cc(CNCC3CCN(CCO)CC3)c(-c3ccc(F)cc3)n2)cc1. The molecule has 1 saturated heterocycles. The first-order valence-electron chi connectivity index (χ1n) is 11.1. The number of β-amino-alcohol motifs (C(OH)–C–C–N with tert-alkyl or cyclic N) is 1. The Kier molecular flexibility index (Phi) is 7.12. The van der Waals surface area contributed by atoms with Crippen LogP contribution in [-0.4, -0.2) is 52.6 Å². The highest BCUT2D eigenvalue weighted by Gasteiger charge is 2.19. The zero-order valence-corrected chi connectivity index (χ0v) is 18.1. The normalized spacial score (nSPS) is 15.5. The van der Waals surface area contributed by atoms with Crippen molar-refractivity contribution in [3.63, 3.8) is 0 Å². The van der Waals surface area contributed by atoms with Crippen molar-refractivity contribution in [3.05, 3.63) is 71.7 Å². The maximum Gasteiger partial charge on any atom is 0.123 e. The fourth-order valence-electron chi connectivity index (χ4n) is 4.19. The number of aliphatic hydroxyl groups excluding tert-OH is 1. The number of aryl methyl sites for hydroxylation is 1. The van der Waals surface area contributed by atoms with Crippen molar-refractivity contribution in [2.75, 3.05) is 32.8 Å². The molecule has 0 bridgehead atoms. The van der Waals surface area contributed by atoms with Gasteiger partial charge in [0.15, 0.2) is 0 Å². The number of rotatable bonds is 8. The van der Waals surface area contributed by atoms with Gasteiger partial charge >= 0.3 is 0 Å². The molecule has 0 atom stereocenters. The van der Waals surface area contributed by atoms with Crippen molar-refractivity contribution < 1.29 is 9.50 Å². The largest absolute Gasteiger partial charge is 0.395 e. The van der Waals surface area contributed by atoms with E-state index in [0.29, 0.717) is 5.92 Å². The van der Waals surface area contributed by atoms with Crippen LogP contribution in [0.2, 0.25) is 0 Å². The lowest BCUT2D eigenvalue weighted by Crippen LogP contribution is -2.38. The maximum atomic E-state index is 13.4. The van der Waals surface area contributed by atoms with E-state index in [1.54, 1.807) is 12.1 Å². The molecule has 2 heterocycles. The highest BCUT2D eigenvalue weighted by atomic mass is 19.1. The molecule has 5 nitrogen and oxygen atoms in total. The zero-order valence-electron chi connectivity index (χ0n) is 18.1. The van der Waals surface area contributed by atoms with Crippen LogP contribution in [0, 0.1) is 18.7 Å². The highest BCUT2D eigenvalue weighted by molar-refractivity contribution is 5.63. The highest BCUT2D eigenvalue weighted by Crippen LogP contribution is 2.25. The first kappa shape index (κ1) is 21.7. The lowest BCUT2D eigenvalue weighted by Gasteiger charge is -2.31. The van der Waals surface area contributed by atoms with Crippen LogP contribution in [0.5, 0.6) is 0 Å². The van der Waals surface area contributed by atoms with E-state index in [1.807, 2.05) is 4.68 Å². The Morgan fingerprint density at radius 3 is 2.45 bits per heavy atom. The molecule has 0 amide bonds. The van der Waals surface area contributed by atoms with E-state index < -0.39 is 0 Å². The van der Waals surface area contributed by atoms with E-state index in [0.717, 1.165) is 68.1 Å². The Balaban J connectivity index is 1.46. The van der Waals surface area contributed by atoms with Gasteiger partial charge in [-0.15, -0.1) is 0 Å². The van der Waals surface area contributed by atoms with E-state index in [2.05, 4.69) is 47.6 Å². The van der Waals surface area contributed by atoms with Gasteiger partial charge in [0.05, 0.1) is 18.0 Å². The second-order valence-electron chi connectivity index (χ2n) is 8.43. The number of aromatic nitrogens is 2. The van der Waals surface area contributed by atoms with Crippen LogP contribution >= 0.6 is 0 Å². The van der Waals surface area contributed by atoms with Crippen molar-refractivity contribution >= 4 is 0 Å². The molecule has 2 aromatic carbocycles. The molecule has 0 aliphatic carbocycles. The lowest BCUT2D eigenvalue weighted by atomic mass is 9.96. The molecule has 1 aliphatic rings. The summed E-state index contributed by atoms with van der Waals surface area (Å²) in [4.78, 5) is 2.33. The Labute approximate surface area is 183 Å². The number of hydrogen-bond donors (Lipinski definition) is 2. The van der Waals surface area contributed by atoms with Crippen LogP contribution in [-0.2, 0) is 6.54 Å². The fraction of sp³-hybridized carbons (Fsp3) is 0.400. The molecule has 3 aromatic rings. The Hall–Kier alpha value is -2.54. The maximum absolute atomic E-state index is 13.4. The number of benzene rings is 2. The first-order valence-corrected chi connectivity index (χ1v) is 11.1. The average molecular weight is 423 g/mol. The predicted octanol–water partition coefficient (Wildman–Crippen LogP) is 3.78. The predicted molar refractivity (Wildman–Crippen MR) is 122 cm³/mol. The van der Waals surface area contributed by atoms with Gasteiger partial charge in [-0.3, -0.25) is 0 Å². The van der Waals surface area contributed by atoms with E-state index in [9.17, 15) is 4.39 Å². The second-order valence-corrected chi connectivity index (χ2v) is 8.43. The molecular formula is C25H31FN4O. The van der Waals surface area contributed by atoms with Crippen LogP contribution < -0.4 is 5.32 Å². The van der Waals surface area contributed by atoms with Gasteiger partial charge in [0.25, 0.3) is 0 Å². The minimum Gasteiger partial charge on any atom is -0.395 e. The van der Waals surface area contributed by atoms with Gasteiger partial charge in [-0.25, -0.2) is 9.07 Å². The van der Waals surface area contributed by atoms with Crippen LogP contribution in [0.4, 0.5) is 4.39 Å². The number of likely N-dealkylation sites (tertiary alicyclic amines) is 1. The van der Waals surface area contributed by atoms with Crippen molar-refractivity contribution in [1.82, 2.24) is 20.0 Å². The van der Waals surface area contributed by atoms with E-state index in [4.69, 9.17) is 10.2 Å². The monoisotopic (exact) mass is 422 g/mol. The molecule has 6 heteroatoms. The molecule has 0 spiro atoms. The third-order valence-corrected chi connectivity index (χ3v) is 6.08. The smallest absolute Gasteiger partial charge is 0.123 e. The van der Waals surface area contributed by atoms with E-state index >= 15 is 0 Å². The summed E-state index contributed by atoms with van der Waals surface area (Å²) in [7, 11) is 0. The topological polar surface area (TPSA) is 53.3 Å². The van der Waals surface area contributed by atoms with Gasteiger partial charge in [-0.05, 0) is 81.7 Å². The van der Waals surface area contributed by atoms with Crippen molar-refractivity contribution in [1.29, 1.82) is 0 Å². The van der Waals surface area contributed by atoms with Crippen LogP contribution in [0.25, 0.3) is 16.9 Å². The van der Waals surface area contributed by atoms with Gasteiger partial charge in [0.2, 0.25) is 0 Å². The average Bonchev–Trinajstić information content (AvgIpc) is 3.20. The van der Waals surface area contributed by atoms with E-state index in [-0.39, 0.29) is 12.4 Å². The molecule has 2 N–H and O–H groups in total. The van der Waals surface area contributed by atoms with Gasteiger partial charge in [-0.1, -0.05) is 17.7 Å². The molecule has 31 heavy (non-hydrogen) atoms. The van der Waals surface area contributed by atoms with Crippen molar-refractivity contribution in [2.45, 2.75) is 26.3 Å². The quantitative estimate of drug-likeness (QED) is 0.580. The Bertz CT molecular complexity index is 960. The number of hydrogen-bond acceptors (Lipinski definition) is 4. The van der Waals surface area contributed by atoms with Gasteiger partial charge in [0, 0.05) is 30.4 Å². The molecule has 1 aromatic heterocycles. The van der Waals surface area contributed by atoms with Crippen LogP contribution in [0.1, 0.15) is 24.0 Å². The van der Waals surface area contributed by atoms with E-state index in [1.165, 1.54) is 17.7 Å². The Morgan fingerprint density at radius 2 is 1.77 bits per heavy atom. The van der Waals surface area contributed by atoms with Crippen molar-refractivity contribution in [3.8, 4) is 16.9 Å². The third kappa shape index (κ3) is 5.58. The summed E-state index contributed by atoms with van der Waals surface area (Å²) in [5.74, 6) is 0.408. The summed E-state index contributed by atoms with van der Waals surface area (Å²) < 4.78 is 15.3. The third-order valence-electron chi connectivity index (χ3n) is 6.08. The molecular weight excluding hydrogens is 391 g/mol. The molecule has 1 fully saturated rings. The minimum atomic E-state index is -0.242.